The molecule has 1 atom stereocenters. The Morgan fingerprint density at radius 1 is 1.15 bits per heavy atom. The van der Waals surface area contributed by atoms with Crippen molar-refractivity contribution < 1.29 is 4.79 Å². The molecule has 0 aliphatic carbocycles. The third-order valence-electron chi connectivity index (χ3n) is 6.33. The zero-order chi connectivity index (χ0) is 22.9. The van der Waals surface area contributed by atoms with Crippen LogP contribution >= 0.6 is 0 Å². The Morgan fingerprint density at radius 3 is 2.79 bits per heavy atom. The number of H-pyrrole nitrogens is 1. The van der Waals surface area contributed by atoms with Gasteiger partial charge in [-0.15, -0.1) is 5.10 Å². The summed E-state index contributed by atoms with van der Waals surface area (Å²) in [7, 11) is 0. The van der Waals surface area contributed by atoms with Crippen LogP contribution < -0.4 is 5.56 Å². The van der Waals surface area contributed by atoms with E-state index in [1.165, 1.54) is 0 Å². The SMILES string of the molecule is Cc1ccc(C)c(Cn2nnc3c(=O)[nH]c([C@@H]4CCCN(C(=O)c5ccccc5)C4)nc32)c1. The molecule has 0 unspecified atom stereocenters. The van der Waals surface area contributed by atoms with Crippen molar-refractivity contribution in [1.29, 1.82) is 0 Å². The summed E-state index contributed by atoms with van der Waals surface area (Å²) in [6.45, 7) is 5.81. The van der Waals surface area contributed by atoms with E-state index in [1.807, 2.05) is 35.2 Å². The average molecular weight is 443 g/mol. The molecule has 0 spiro atoms. The van der Waals surface area contributed by atoms with Crippen LogP contribution in [0.5, 0.6) is 0 Å². The Bertz CT molecular complexity index is 1370. The fourth-order valence-electron chi connectivity index (χ4n) is 4.46. The summed E-state index contributed by atoms with van der Waals surface area (Å²) < 4.78 is 1.69. The molecule has 2 aromatic carbocycles. The number of rotatable bonds is 4. The molecule has 8 heteroatoms. The lowest BCUT2D eigenvalue weighted by Gasteiger charge is -2.32. The van der Waals surface area contributed by atoms with E-state index in [0.29, 0.717) is 36.7 Å². The monoisotopic (exact) mass is 442 g/mol. The second kappa shape index (κ2) is 8.61. The molecule has 0 bridgehead atoms. The number of benzene rings is 2. The van der Waals surface area contributed by atoms with Crippen molar-refractivity contribution in [2.24, 2.45) is 0 Å². The Labute approximate surface area is 191 Å². The summed E-state index contributed by atoms with van der Waals surface area (Å²) in [5.41, 5.74) is 4.51. The number of nitrogens with one attached hydrogen (secondary N) is 1. The third-order valence-corrected chi connectivity index (χ3v) is 6.33. The molecule has 1 aliphatic heterocycles. The average Bonchev–Trinajstić information content (AvgIpc) is 3.25. The molecule has 8 nitrogen and oxygen atoms in total. The molecule has 0 saturated carbocycles. The maximum absolute atomic E-state index is 12.9. The van der Waals surface area contributed by atoms with E-state index < -0.39 is 0 Å². The minimum atomic E-state index is -0.297. The summed E-state index contributed by atoms with van der Waals surface area (Å²) in [4.78, 5) is 35.2. The van der Waals surface area contributed by atoms with Crippen LogP contribution in [-0.2, 0) is 6.54 Å². The summed E-state index contributed by atoms with van der Waals surface area (Å²) in [6, 6.07) is 15.6. The molecule has 33 heavy (non-hydrogen) atoms. The molecule has 4 aromatic rings. The second-order valence-electron chi connectivity index (χ2n) is 8.76. The van der Waals surface area contributed by atoms with E-state index in [9.17, 15) is 9.59 Å². The first-order chi connectivity index (χ1) is 16.0. The van der Waals surface area contributed by atoms with E-state index in [2.05, 4.69) is 47.3 Å². The highest BCUT2D eigenvalue weighted by atomic mass is 16.2. The van der Waals surface area contributed by atoms with Crippen LogP contribution in [-0.4, -0.2) is 48.9 Å². The van der Waals surface area contributed by atoms with Crippen molar-refractivity contribution in [3.8, 4) is 0 Å². The minimum Gasteiger partial charge on any atom is -0.338 e. The Hall–Kier alpha value is -3.81. The maximum Gasteiger partial charge on any atom is 0.281 e. The van der Waals surface area contributed by atoms with Crippen molar-refractivity contribution in [1.82, 2.24) is 29.9 Å². The van der Waals surface area contributed by atoms with Gasteiger partial charge in [-0.1, -0.05) is 47.2 Å². The number of likely N-dealkylation sites (tertiary alicyclic amines) is 1. The van der Waals surface area contributed by atoms with E-state index in [4.69, 9.17) is 4.98 Å². The van der Waals surface area contributed by atoms with Crippen molar-refractivity contribution in [3.63, 3.8) is 0 Å². The molecule has 3 heterocycles. The van der Waals surface area contributed by atoms with Crippen LogP contribution in [0.25, 0.3) is 11.2 Å². The van der Waals surface area contributed by atoms with Crippen molar-refractivity contribution >= 4 is 17.1 Å². The maximum atomic E-state index is 12.9. The first-order valence-corrected chi connectivity index (χ1v) is 11.2. The van der Waals surface area contributed by atoms with Crippen molar-refractivity contribution in [2.75, 3.05) is 13.1 Å². The highest BCUT2D eigenvalue weighted by Gasteiger charge is 2.28. The molecular weight excluding hydrogens is 416 g/mol. The van der Waals surface area contributed by atoms with E-state index in [1.54, 1.807) is 4.68 Å². The summed E-state index contributed by atoms with van der Waals surface area (Å²) >= 11 is 0. The molecule has 1 fully saturated rings. The zero-order valence-corrected chi connectivity index (χ0v) is 18.8. The number of aromatic amines is 1. The quantitative estimate of drug-likeness (QED) is 0.524. The van der Waals surface area contributed by atoms with Gasteiger partial charge >= 0.3 is 0 Å². The number of nitrogens with zero attached hydrogens (tertiary/aromatic N) is 5. The van der Waals surface area contributed by atoms with Gasteiger partial charge in [-0.2, -0.15) is 0 Å². The topological polar surface area (TPSA) is 96.8 Å². The molecule has 1 N–H and O–H groups in total. The second-order valence-corrected chi connectivity index (χ2v) is 8.76. The van der Waals surface area contributed by atoms with Crippen LogP contribution in [0.3, 0.4) is 0 Å². The number of hydrogen-bond acceptors (Lipinski definition) is 5. The lowest BCUT2D eigenvalue weighted by atomic mass is 9.96. The Kier molecular flexibility index (Phi) is 5.50. The standard InChI is InChI=1S/C25H26N6O2/c1-16-10-11-17(2)20(13-16)15-31-23-21(28-29-31)24(32)27-22(26-23)19-9-6-12-30(14-19)25(33)18-7-4-3-5-8-18/h3-5,7-8,10-11,13,19H,6,9,12,14-15H2,1-2H3,(H,26,27,32)/t19-/m1/s1. The summed E-state index contributed by atoms with van der Waals surface area (Å²) in [6.07, 6.45) is 1.70. The van der Waals surface area contributed by atoms with Gasteiger partial charge in [0.25, 0.3) is 11.5 Å². The van der Waals surface area contributed by atoms with Gasteiger partial charge in [-0.25, -0.2) is 9.67 Å². The van der Waals surface area contributed by atoms with Crippen LogP contribution in [0.4, 0.5) is 0 Å². The number of fused-ring (bicyclic) bond motifs is 1. The molecule has 5 rings (SSSR count). The first-order valence-electron chi connectivity index (χ1n) is 11.2. The van der Waals surface area contributed by atoms with Crippen molar-refractivity contribution in [3.05, 3.63) is 87.0 Å². The number of carbonyl (C=O) groups is 1. The van der Waals surface area contributed by atoms with Gasteiger partial charge in [0.1, 0.15) is 5.82 Å². The summed E-state index contributed by atoms with van der Waals surface area (Å²) in [5.74, 6) is 0.542. The van der Waals surface area contributed by atoms with Crippen molar-refractivity contribution in [2.45, 2.75) is 39.2 Å². The minimum absolute atomic E-state index is 0.00496. The number of carbonyl (C=O) groups excluding carboxylic acids is 1. The highest BCUT2D eigenvalue weighted by molar-refractivity contribution is 5.94. The predicted molar refractivity (Wildman–Crippen MR) is 125 cm³/mol. The van der Waals surface area contributed by atoms with Crippen LogP contribution in [0, 0.1) is 13.8 Å². The van der Waals surface area contributed by atoms with E-state index in [0.717, 1.165) is 29.5 Å². The number of amides is 1. The van der Waals surface area contributed by atoms with Gasteiger partial charge in [0.05, 0.1) is 6.54 Å². The van der Waals surface area contributed by atoms with Crippen LogP contribution in [0.1, 0.15) is 51.6 Å². The van der Waals surface area contributed by atoms with Gasteiger partial charge in [-0.05, 0) is 49.9 Å². The number of aromatic nitrogens is 5. The first kappa shape index (κ1) is 21.1. The number of aryl methyl sites for hydroxylation is 2. The van der Waals surface area contributed by atoms with Gasteiger partial charge < -0.3 is 9.88 Å². The molecule has 1 amide bonds. The fraction of sp³-hybridized carbons (Fsp3) is 0.320. The van der Waals surface area contributed by atoms with Gasteiger partial charge in [-0.3, -0.25) is 9.59 Å². The van der Waals surface area contributed by atoms with E-state index in [-0.39, 0.29) is 22.9 Å². The van der Waals surface area contributed by atoms with Gasteiger partial charge in [0, 0.05) is 24.6 Å². The smallest absolute Gasteiger partial charge is 0.281 e. The Balaban J connectivity index is 1.45. The third kappa shape index (κ3) is 4.16. The van der Waals surface area contributed by atoms with Crippen LogP contribution in [0.2, 0.25) is 0 Å². The molecule has 1 saturated heterocycles. The molecule has 0 radical (unpaired) electrons. The normalized spacial score (nSPS) is 16.3. The number of hydrogen-bond donors (Lipinski definition) is 1. The largest absolute Gasteiger partial charge is 0.338 e. The highest BCUT2D eigenvalue weighted by Crippen LogP contribution is 2.26. The predicted octanol–water partition coefficient (Wildman–Crippen LogP) is 3.20. The zero-order valence-electron chi connectivity index (χ0n) is 18.8. The van der Waals surface area contributed by atoms with E-state index >= 15 is 0 Å². The molecule has 2 aromatic heterocycles. The summed E-state index contributed by atoms with van der Waals surface area (Å²) in [5, 5.41) is 8.29. The Morgan fingerprint density at radius 2 is 1.97 bits per heavy atom. The van der Waals surface area contributed by atoms with Crippen LogP contribution in [0.15, 0.2) is 53.3 Å². The lowest BCUT2D eigenvalue weighted by Crippen LogP contribution is -2.39. The van der Waals surface area contributed by atoms with Gasteiger partial charge in [0.2, 0.25) is 0 Å². The fourth-order valence-corrected chi connectivity index (χ4v) is 4.46. The van der Waals surface area contributed by atoms with Gasteiger partial charge in [0.15, 0.2) is 11.2 Å². The molecule has 1 aliphatic rings. The lowest BCUT2D eigenvalue weighted by molar-refractivity contribution is 0.0704. The number of piperidine rings is 1. The molecular formula is C25H26N6O2. The molecule has 168 valence electrons.